The summed E-state index contributed by atoms with van der Waals surface area (Å²) in [4.78, 5) is 1.20. The Morgan fingerprint density at radius 2 is 2.10 bits per heavy atom. The highest BCUT2D eigenvalue weighted by molar-refractivity contribution is 8.00. The van der Waals surface area contributed by atoms with Crippen LogP contribution in [0.2, 0.25) is 0 Å². The summed E-state index contributed by atoms with van der Waals surface area (Å²) in [5.41, 5.74) is 6.50. The van der Waals surface area contributed by atoms with Gasteiger partial charge in [0.15, 0.2) is 0 Å². The molecule has 0 amide bonds. The number of thioether (sulfide) groups is 1. The normalized spacial score (nSPS) is 20.8. The van der Waals surface area contributed by atoms with E-state index in [4.69, 9.17) is 5.73 Å². The van der Waals surface area contributed by atoms with E-state index in [9.17, 15) is 8.42 Å². The van der Waals surface area contributed by atoms with Crippen LogP contribution in [0.3, 0.4) is 0 Å². The van der Waals surface area contributed by atoms with Crippen LogP contribution in [-0.2, 0) is 16.6 Å². The first-order chi connectivity index (χ1) is 9.28. The minimum Gasteiger partial charge on any atom is -0.326 e. The summed E-state index contributed by atoms with van der Waals surface area (Å²) in [7, 11) is -3.42. The Morgan fingerprint density at radius 1 is 1.40 bits per heavy atom. The molecule has 1 aliphatic rings. The number of hydrogen-bond donors (Lipinski definition) is 1. The Balaban J connectivity index is 2.33. The Morgan fingerprint density at radius 3 is 2.75 bits per heavy atom. The molecule has 2 heterocycles. The van der Waals surface area contributed by atoms with Crippen LogP contribution in [0.5, 0.6) is 0 Å². The third-order valence-electron chi connectivity index (χ3n) is 3.57. The molecule has 114 valence electrons. The van der Waals surface area contributed by atoms with Crippen LogP contribution in [0.15, 0.2) is 10.3 Å². The van der Waals surface area contributed by atoms with Crippen molar-refractivity contribution < 1.29 is 8.42 Å². The first-order valence-electron chi connectivity index (χ1n) is 6.69. The van der Waals surface area contributed by atoms with E-state index in [1.807, 2.05) is 24.1 Å². The molecule has 2 N–H and O–H groups in total. The third kappa shape index (κ3) is 3.22. The molecule has 0 saturated carbocycles. The molecule has 0 spiro atoms. The number of hydrogen-bond acceptors (Lipinski definition) is 5. The van der Waals surface area contributed by atoms with Crippen molar-refractivity contribution >= 4 is 33.1 Å². The lowest BCUT2D eigenvalue weighted by Crippen LogP contribution is -2.34. The molecule has 0 aliphatic carbocycles. The first-order valence-corrected chi connectivity index (χ1v) is 9.99. The lowest BCUT2D eigenvalue weighted by Gasteiger charge is -2.23. The molecule has 0 radical (unpaired) electrons. The number of sulfonamides is 1. The second kappa shape index (κ2) is 5.96. The van der Waals surface area contributed by atoms with Gasteiger partial charge in [-0.05, 0) is 24.3 Å². The Kier molecular flexibility index (Phi) is 4.86. The van der Waals surface area contributed by atoms with Gasteiger partial charge in [-0.25, -0.2) is 8.42 Å². The van der Waals surface area contributed by atoms with Gasteiger partial charge in [-0.15, -0.1) is 11.3 Å². The molecule has 0 atom stereocenters. The summed E-state index contributed by atoms with van der Waals surface area (Å²) < 4.78 is 27.5. The summed E-state index contributed by atoms with van der Waals surface area (Å²) in [6.07, 6.45) is 0.873. The van der Waals surface area contributed by atoms with Crippen LogP contribution < -0.4 is 5.73 Å². The van der Waals surface area contributed by atoms with Crippen LogP contribution in [0, 0.1) is 6.92 Å². The number of nitrogens with zero attached hydrogens (tertiary/aromatic N) is 1. The fraction of sp³-hybridized carbons (Fsp3) is 0.692. The SMILES string of the molecule is Cc1csc(CN)c1S(=O)(=O)N1CCSC(C)(C)CC1. The van der Waals surface area contributed by atoms with Crippen LogP contribution in [0.1, 0.15) is 30.7 Å². The van der Waals surface area contributed by atoms with E-state index in [0.717, 1.165) is 22.6 Å². The zero-order chi connectivity index (χ0) is 15.0. The maximum atomic E-state index is 12.9. The topological polar surface area (TPSA) is 63.4 Å². The Labute approximate surface area is 129 Å². The van der Waals surface area contributed by atoms with E-state index in [1.165, 1.54) is 11.3 Å². The van der Waals surface area contributed by atoms with Gasteiger partial charge in [0.1, 0.15) is 4.90 Å². The summed E-state index contributed by atoms with van der Waals surface area (Å²) in [6, 6.07) is 0. The lowest BCUT2D eigenvalue weighted by molar-refractivity contribution is 0.415. The molecule has 0 unspecified atom stereocenters. The van der Waals surface area contributed by atoms with Crippen molar-refractivity contribution in [3.05, 3.63) is 15.8 Å². The summed E-state index contributed by atoms with van der Waals surface area (Å²) in [5.74, 6) is 0.841. The second-order valence-electron chi connectivity index (χ2n) is 5.64. The highest BCUT2D eigenvalue weighted by Crippen LogP contribution is 2.34. The Hall–Kier alpha value is -0.0800. The lowest BCUT2D eigenvalue weighted by atomic mass is 10.1. The molecule has 0 aromatic carbocycles. The maximum Gasteiger partial charge on any atom is 0.244 e. The summed E-state index contributed by atoms with van der Waals surface area (Å²) >= 11 is 3.28. The van der Waals surface area contributed by atoms with Gasteiger partial charge in [-0.1, -0.05) is 13.8 Å². The quantitative estimate of drug-likeness (QED) is 0.922. The summed E-state index contributed by atoms with van der Waals surface area (Å²) in [6.45, 7) is 7.64. The molecular weight excluding hydrogens is 312 g/mol. The van der Waals surface area contributed by atoms with Crippen molar-refractivity contribution in [1.82, 2.24) is 4.31 Å². The smallest absolute Gasteiger partial charge is 0.244 e. The minimum absolute atomic E-state index is 0.144. The van der Waals surface area contributed by atoms with Crippen molar-refractivity contribution in [3.8, 4) is 0 Å². The molecule has 1 aromatic heterocycles. The maximum absolute atomic E-state index is 12.9. The number of nitrogens with two attached hydrogens (primary N) is 1. The van der Waals surface area contributed by atoms with Gasteiger partial charge in [0.2, 0.25) is 10.0 Å². The average molecular weight is 335 g/mol. The molecule has 1 aromatic rings. The standard InChI is InChI=1S/C13H22N2O2S3/c1-10-9-18-11(8-14)12(10)20(16,17)15-5-4-13(2,3)19-7-6-15/h9H,4-8,14H2,1-3H3. The fourth-order valence-electron chi connectivity index (χ4n) is 2.35. The largest absolute Gasteiger partial charge is 0.326 e. The van der Waals surface area contributed by atoms with Gasteiger partial charge in [0.05, 0.1) is 0 Å². The predicted octanol–water partition coefficient (Wildman–Crippen LogP) is 2.42. The first kappa shape index (κ1) is 16.3. The van der Waals surface area contributed by atoms with Crippen LogP contribution in [0.4, 0.5) is 0 Å². The second-order valence-corrected chi connectivity index (χ2v) is 10.3. The van der Waals surface area contributed by atoms with Crippen LogP contribution in [0.25, 0.3) is 0 Å². The highest BCUT2D eigenvalue weighted by atomic mass is 32.2. The predicted molar refractivity (Wildman–Crippen MR) is 86.9 cm³/mol. The Bertz CT molecular complexity index is 578. The zero-order valence-corrected chi connectivity index (χ0v) is 14.6. The average Bonchev–Trinajstić information content (AvgIpc) is 2.64. The fourth-order valence-corrected chi connectivity index (χ4v) is 6.66. The summed E-state index contributed by atoms with van der Waals surface area (Å²) in [5, 5.41) is 1.88. The minimum atomic E-state index is -3.42. The molecule has 2 rings (SSSR count). The number of aryl methyl sites for hydroxylation is 1. The van der Waals surface area contributed by atoms with Crippen LogP contribution >= 0.6 is 23.1 Å². The highest BCUT2D eigenvalue weighted by Gasteiger charge is 2.33. The van der Waals surface area contributed by atoms with Crippen molar-refractivity contribution in [3.63, 3.8) is 0 Å². The van der Waals surface area contributed by atoms with Gasteiger partial charge in [0.25, 0.3) is 0 Å². The van der Waals surface area contributed by atoms with E-state index in [1.54, 1.807) is 4.31 Å². The third-order valence-corrected chi connectivity index (χ3v) is 8.33. The van der Waals surface area contributed by atoms with Gasteiger partial charge in [-0.3, -0.25) is 0 Å². The van der Waals surface area contributed by atoms with Gasteiger partial charge in [0, 0.05) is 35.0 Å². The molecular formula is C13H22N2O2S3. The van der Waals surface area contributed by atoms with Crippen molar-refractivity contribution in [2.45, 2.75) is 43.4 Å². The molecule has 0 bridgehead atoms. The van der Waals surface area contributed by atoms with Crippen molar-refractivity contribution in [2.24, 2.45) is 5.73 Å². The molecule has 4 nitrogen and oxygen atoms in total. The van der Waals surface area contributed by atoms with E-state index < -0.39 is 10.0 Å². The van der Waals surface area contributed by atoms with Gasteiger partial charge < -0.3 is 5.73 Å². The molecule has 7 heteroatoms. The van der Waals surface area contributed by atoms with Crippen LogP contribution in [-0.4, -0.2) is 36.3 Å². The van der Waals surface area contributed by atoms with Crippen molar-refractivity contribution in [2.75, 3.05) is 18.8 Å². The van der Waals surface area contributed by atoms with Gasteiger partial charge >= 0.3 is 0 Å². The van der Waals surface area contributed by atoms with E-state index in [0.29, 0.717) is 18.0 Å². The van der Waals surface area contributed by atoms with E-state index >= 15 is 0 Å². The molecule has 1 fully saturated rings. The molecule has 1 saturated heterocycles. The molecule has 20 heavy (non-hydrogen) atoms. The monoisotopic (exact) mass is 334 g/mol. The van der Waals surface area contributed by atoms with Gasteiger partial charge in [-0.2, -0.15) is 16.1 Å². The van der Waals surface area contributed by atoms with E-state index in [2.05, 4.69) is 13.8 Å². The molecule has 1 aliphatic heterocycles. The number of rotatable bonds is 3. The number of thiophene rings is 1. The van der Waals surface area contributed by atoms with Crippen molar-refractivity contribution in [1.29, 1.82) is 0 Å². The van der Waals surface area contributed by atoms with E-state index in [-0.39, 0.29) is 11.3 Å². The zero-order valence-electron chi connectivity index (χ0n) is 12.2.